The Kier molecular flexibility index (Phi) is 25.9. The highest BCUT2D eigenvalue weighted by Crippen LogP contribution is 2.45. The van der Waals surface area contributed by atoms with Crippen molar-refractivity contribution in [1.82, 2.24) is 0 Å². The lowest BCUT2D eigenvalue weighted by atomic mass is 9.88. The molecule has 0 amide bonds. The highest BCUT2D eigenvalue weighted by Gasteiger charge is 2.24. The molecule has 0 fully saturated rings. The molecule has 0 atom stereocenters. The summed E-state index contributed by atoms with van der Waals surface area (Å²) in [7, 11) is 0. The van der Waals surface area contributed by atoms with E-state index in [0.29, 0.717) is 108 Å². The molecule has 0 unspecified atom stereocenters. The first-order chi connectivity index (χ1) is 61.7. The van der Waals surface area contributed by atoms with Gasteiger partial charge in [0.05, 0.1) is 0 Å². The van der Waals surface area contributed by atoms with Crippen LogP contribution in [0.2, 0.25) is 0 Å². The molecule has 18 aromatic carbocycles. The molecule has 0 aliphatic heterocycles. The molecule has 18 N–H and O–H groups in total. The fraction of sp³-hybridized carbons (Fsp3) is 0.0909. The Morgan fingerprint density at radius 3 is 0.766 bits per heavy atom. The number of phenols is 18. The Balaban J connectivity index is 0.000000132. The first-order valence-corrected chi connectivity index (χ1v) is 41.4. The van der Waals surface area contributed by atoms with E-state index in [0.717, 1.165) is 111 Å². The van der Waals surface area contributed by atoms with Crippen molar-refractivity contribution in [2.45, 2.75) is 64.2 Å². The van der Waals surface area contributed by atoms with Crippen LogP contribution < -0.4 is 0 Å². The molecule has 18 nitrogen and oxygen atoms in total. The van der Waals surface area contributed by atoms with E-state index in [1.165, 1.54) is 0 Å². The van der Waals surface area contributed by atoms with Gasteiger partial charge in [-0.1, -0.05) is 152 Å². The molecule has 0 radical (unpaired) electrons. The van der Waals surface area contributed by atoms with Gasteiger partial charge in [-0.25, -0.2) is 0 Å². The van der Waals surface area contributed by atoms with E-state index < -0.39 is 0 Å². The first kappa shape index (κ1) is 86.3. The van der Waals surface area contributed by atoms with Gasteiger partial charge >= 0.3 is 0 Å². The summed E-state index contributed by atoms with van der Waals surface area (Å²) in [5.74, 6) is 2.89. The summed E-state index contributed by atoms with van der Waals surface area (Å²) in [6.45, 7) is 0. The summed E-state index contributed by atoms with van der Waals surface area (Å²) in [5, 5.41) is 188. The minimum absolute atomic E-state index is 0.0457. The molecular weight excluding hydrogens is 1610 g/mol. The van der Waals surface area contributed by atoms with E-state index >= 15 is 0 Å². The highest BCUT2D eigenvalue weighted by atomic mass is 16.3. The van der Waals surface area contributed by atoms with Crippen molar-refractivity contribution in [3.8, 4) is 103 Å². The number of hydrogen-bond donors (Lipinski definition) is 18. The lowest BCUT2D eigenvalue weighted by molar-refractivity contribution is 0.445. The van der Waals surface area contributed by atoms with Crippen molar-refractivity contribution < 1.29 is 91.9 Å². The number of fused-ring (bicyclic) bond motifs is 4. The molecule has 18 heteroatoms. The van der Waals surface area contributed by atoms with E-state index in [9.17, 15) is 91.9 Å². The molecular formula is C110H92O18. The smallest absolute Gasteiger partial charge is 0.130 e. The molecule has 0 aliphatic carbocycles. The maximum atomic E-state index is 11.5. The molecule has 0 saturated heterocycles. The molecule has 0 heterocycles. The Morgan fingerprint density at radius 1 is 0.133 bits per heavy atom. The van der Waals surface area contributed by atoms with Crippen molar-refractivity contribution in [3.05, 3.63) is 439 Å². The van der Waals surface area contributed by atoms with Crippen LogP contribution in [-0.2, 0) is 64.2 Å². The molecule has 0 saturated carbocycles. The number of rotatable bonds is 20. The van der Waals surface area contributed by atoms with E-state index in [4.69, 9.17) is 0 Å². The summed E-state index contributed by atoms with van der Waals surface area (Å²) in [6, 6.07) is 94.0. The quantitative estimate of drug-likeness (QED) is 0.0337. The summed E-state index contributed by atoms with van der Waals surface area (Å²) < 4.78 is 0. The van der Waals surface area contributed by atoms with Gasteiger partial charge in [-0.05, 0) is 312 Å². The van der Waals surface area contributed by atoms with Crippen molar-refractivity contribution in [2.24, 2.45) is 0 Å². The Labute approximate surface area is 737 Å². The maximum Gasteiger partial charge on any atom is 0.130 e. The van der Waals surface area contributed by atoms with Crippen LogP contribution in [0.5, 0.6) is 103 Å². The van der Waals surface area contributed by atoms with E-state index in [2.05, 4.69) is 0 Å². The van der Waals surface area contributed by atoms with Gasteiger partial charge in [0.15, 0.2) is 0 Å². The molecule has 640 valence electrons. The first-order valence-electron chi connectivity index (χ1n) is 41.4. The third kappa shape index (κ3) is 20.8. The molecule has 0 aromatic heterocycles. The van der Waals surface area contributed by atoms with Crippen LogP contribution in [0, 0.1) is 0 Å². The maximum absolute atomic E-state index is 11.5. The van der Waals surface area contributed by atoms with Crippen molar-refractivity contribution >= 4 is 43.1 Å². The third-order valence-electron chi connectivity index (χ3n) is 22.9. The van der Waals surface area contributed by atoms with Crippen LogP contribution >= 0.6 is 0 Å². The second kappa shape index (κ2) is 38.4. The zero-order valence-corrected chi connectivity index (χ0v) is 69.3. The van der Waals surface area contributed by atoms with Crippen molar-refractivity contribution in [3.63, 3.8) is 0 Å². The molecule has 0 spiro atoms. The van der Waals surface area contributed by atoms with Gasteiger partial charge < -0.3 is 91.9 Å². The Hall–Kier alpha value is -16.6. The van der Waals surface area contributed by atoms with Gasteiger partial charge in [0.2, 0.25) is 0 Å². The van der Waals surface area contributed by atoms with Gasteiger partial charge in [-0.15, -0.1) is 0 Å². The van der Waals surface area contributed by atoms with Gasteiger partial charge in [-0.2, -0.15) is 0 Å². The number of hydrogen-bond acceptors (Lipinski definition) is 18. The normalized spacial score (nSPS) is 11.1. The number of benzene rings is 18. The lowest BCUT2D eigenvalue weighted by Gasteiger charge is -2.18. The van der Waals surface area contributed by atoms with Gasteiger partial charge in [-0.3, -0.25) is 0 Å². The van der Waals surface area contributed by atoms with Crippen LogP contribution in [0.15, 0.2) is 328 Å². The predicted octanol–water partition coefficient (Wildman–Crippen LogP) is 22.0. The second-order valence-electron chi connectivity index (χ2n) is 32.0. The third-order valence-corrected chi connectivity index (χ3v) is 22.9. The standard InChI is InChI=1S/2C31H26O5.2C24H20O4/c32-24-8-1-19(2-9-24)15-22-7-14-29(35)27-18-23(16-20-3-10-25(33)11-4-20)31(36)28(30(22)27)17-21-5-12-26(34)13-6-21;32-24-7-1-19(2-8-24)15-22-18-23(16-20-3-9-25(33)10-4-20)31(36)27-13-14-29(35)28(30(22)27)17-21-5-11-26(34)12-6-21;25-18-6-1-15(2-7-18)13-17-5-11-22(27)20-10-12-23(28)21(24(17)20)14-16-3-8-19(26)9-4-16;25-19-7-2-15(3-8-19)11-17-1-6-18-14-23(27)22(24(28)21(18)13-17)12-16-4-9-20(26)10-5-16/h2*1-14,18,32-36H,15-17H2;1-12,25-28H,13-14H2;1-10,13-14,25-28H,11-12H2. The number of aromatic hydroxyl groups is 18. The summed E-state index contributed by atoms with van der Waals surface area (Å²) in [6.07, 6.45) is 4.90. The topological polar surface area (TPSA) is 364 Å². The fourth-order valence-electron chi connectivity index (χ4n) is 16.3. The second-order valence-corrected chi connectivity index (χ2v) is 32.0. The van der Waals surface area contributed by atoms with Gasteiger partial charge in [0, 0.05) is 82.3 Å². The molecule has 128 heavy (non-hydrogen) atoms. The summed E-state index contributed by atoms with van der Waals surface area (Å²) in [5.41, 5.74) is 17.4. The minimum Gasteiger partial charge on any atom is -0.508 e. The van der Waals surface area contributed by atoms with Crippen molar-refractivity contribution in [2.75, 3.05) is 0 Å². The largest absolute Gasteiger partial charge is 0.508 e. The van der Waals surface area contributed by atoms with Crippen LogP contribution in [0.4, 0.5) is 0 Å². The Morgan fingerprint density at radius 2 is 0.398 bits per heavy atom. The fourth-order valence-corrected chi connectivity index (χ4v) is 16.3. The highest BCUT2D eigenvalue weighted by molar-refractivity contribution is 5.99. The van der Waals surface area contributed by atoms with Crippen LogP contribution in [-0.4, -0.2) is 91.9 Å². The molecule has 0 aliphatic rings. The minimum atomic E-state index is 0.0457. The average molecular weight is 1700 g/mol. The molecule has 0 bridgehead atoms. The monoisotopic (exact) mass is 1700 g/mol. The lowest BCUT2D eigenvalue weighted by Crippen LogP contribution is -2.00. The van der Waals surface area contributed by atoms with E-state index in [1.807, 2.05) is 140 Å². The van der Waals surface area contributed by atoms with Crippen LogP contribution in [0.1, 0.15) is 111 Å². The predicted molar refractivity (Wildman–Crippen MR) is 498 cm³/mol. The van der Waals surface area contributed by atoms with E-state index in [1.54, 1.807) is 188 Å². The average Bonchev–Trinajstić information content (AvgIpc) is 0.761. The van der Waals surface area contributed by atoms with Crippen LogP contribution in [0.25, 0.3) is 43.1 Å². The number of phenolic OH excluding ortho intramolecular Hbond substituents is 18. The zero-order chi connectivity index (χ0) is 89.8. The summed E-state index contributed by atoms with van der Waals surface area (Å²) in [4.78, 5) is 0. The Bertz CT molecular complexity index is 6990. The molecule has 18 rings (SSSR count). The van der Waals surface area contributed by atoms with Crippen LogP contribution in [0.3, 0.4) is 0 Å². The SMILES string of the molecule is Oc1ccc(Cc2cc(Cc3ccc(O)cc3)c3c(Cc4ccc(O)cc4)c(O)ccc3c2O)cc1.Oc1ccc(Cc2cc3c(O)ccc(Cc4ccc(O)cc4)c3c(Cc3ccc(O)cc3)c2O)cc1.Oc1ccc(Cc2ccc(O)c3ccc(O)c(Cc4ccc(O)cc4)c23)cc1.Oc1ccc(Cc2ccc3cc(O)c(Cc4ccc(O)cc4)c(O)c3c2)cc1. The van der Waals surface area contributed by atoms with Gasteiger partial charge in [0.25, 0.3) is 0 Å². The van der Waals surface area contributed by atoms with Gasteiger partial charge in [0.1, 0.15) is 103 Å². The molecule has 18 aromatic rings. The summed E-state index contributed by atoms with van der Waals surface area (Å²) >= 11 is 0. The zero-order valence-electron chi connectivity index (χ0n) is 69.3. The van der Waals surface area contributed by atoms with Crippen molar-refractivity contribution in [1.29, 1.82) is 0 Å². The van der Waals surface area contributed by atoms with E-state index in [-0.39, 0.29) is 103 Å².